The predicted octanol–water partition coefficient (Wildman–Crippen LogP) is 0.363. The second-order valence-electron chi connectivity index (χ2n) is 4.47. The van der Waals surface area contributed by atoms with Gasteiger partial charge in [-0.2, -0.15) is 0 Å². The van der Waals surface area contributed by atoms with Crippen LogP contribution in [-0.4, -0.2) is 54.3 Å². The summed E-state index contributed by atoms with van der Waals surface area (Å²) in [5.41, 5.74) is 6.09. The van der Waals surface area contributed by atoms with Crippen molar-refractivity contribution < 1.29 is 9.59 Å². The zero-order valence-corrected chi connectivity index (χ0v) is 12.2. The van der Waals surface area contributed by atoms with Gasteiger partial charge in [-0.3, -0.25) is 9.59 Å². The van der Waals surface area contributed by atoms with Crippen LogP contribution in [-0.2, 0) is 4.79 Å². The number of nitrogens with two attached hydrogens (primary N) is 1. The summed E-state index contributed by atoms with van der Waals surface area (Å²) in [6, 6.07) is 1.84. The number of piperazine rings is 1. The molecule has 1 aromatic heterocycles. The molecule has 2 N–H and O–H groups in total. The Bertz CT molecular complexity index is 562. The number of hydrogen-bond acceptors (Lipinski definition) is 4. The minimum atomic E-state index is -0.00970. The molecule has 1 fully saturated rings. The summed E-state index contributed by atoms with van der Waals surface area (Å²) in [5, 5.41) is 1.86. The molecule has 5 nitrogen and oxygen atoms in total. The van der Waals surface area contributed by atoms with E-state index >= 15 is 0 Å². The van der Waals surface area contributed by atoms with E-state index < -0.39 is 0 Å². The molecule has 20 heavy (non-hydrogen) atoms. The normalized spacial score (nSPS) is 14.7. The first-order chi connectivity index (χ1) is 9.63. The first-order valence-corrected chi connectivity index (χ1v) is 7.32. The number of carbonyl (C=O) groups is 2. The average molecular weight is 291 g/mol. The van der Waals surface area contributed by atoms with Gasteiger partial charge in [0.05, 0.1) is 6.54 Å². The summed E-state index contributed by atoms with van der Waals surface area (Å²) in [5.74, 6) is 5.74. The fraction of sp³-hybridized carbons (Fsp3) is 0.429. The molecule has 0 atom stereocenters. The van der Waals surface area contributed by atoms with Crippen molar-refractivity contribution >= 4 is 23.2 Å². The second kappa shape index (κ2) is 6.55. The Kier molecular flexibility index (Phi) is 4.77. The fourth-order valence-corrected chi connectivity index (χ4v) is 2.90. The average Bonchev–Trinajstić information content (AvgIpc) is 2.92. The number of carbonyl (C=O) groups excluding carboxylic acids is 2. The highest BCUT2D eigenvalue weighted by Crippen LogP contribution is 2.19. The maximum atomic E-state index is 12.5. The van der Waals surface area contributed by atoms with E-state index in [2.05, 4.69) is 11.8 Å². The zero-order valence-electron chi connectivity index (χ0n) is 11.4. The van der Waals surface area contributed by atoms with Crippen molar-refractivity contribution in [1.29, 1.82) is 0 Å². The lowest BCUT2D eigenvalue weighted by Crippen LogP contribution is -2.50. The smallest absolute Gasteiger partial charge is 0.265 e. The predicted molar refractivity (Wildman–Crippen MR) is 78.4 cm³/mol. The second-order valence-corrected chi connectivity index (χ2v) is 5.38. The largest absolute Gasteiger partial charge is 0.339 e. The molecule has 6 heteroatoms. The van der Waals surface area contributed by atoms with Crippen LogP contribution < -0.4 is 5.73 Å². The molecule has 1 aliphatic rings. The molecule has 0 aliphatic carbocycles. The van der Waals surface area contributed by atoms with Crippen LogP contribution in [0.2, 0.25) is 0 Å². The molecule has 2 rings (SSSR count). The van der Waals surface area contributed by atoms with E-state index in [0.717, 1.165) is 5.56 Å². The monoisotopic (exact) mass is 291 g/mol. The molecule has 1 saturated heterocycles. The van der Waals surface area contributed by atoms with Crippen molar-refractivity contribution in [1.82, 2.24) is 9.80 Å². The molecular formula is C14H17N3O2S. The molecule has 0 saturated carbocycles. The number of thiophene rings is 1. The number of amides is 2. The van der Waals surface area contributed by atoms with Gasteiger partial charge in [0.25, 0.3) is 5.91 Å². The van der Waals surface area contributed by atoms with Crippen LogP contribution in [0.25, 0.3) is 0 Å². The Labute approximate surface area is 122 Å². The number of rotatable bonds is 1. The molecule has 1 aromatic rings. The van der Waals surface area contributed by atoms with Gasteiger partial charge in [-0.15, -0.1) is 11.3 Å². The third-order valence-electron chi connectivity index (χ3n) is 3.20. The Morgan fingerprint density at radius 3 is 2.55 bits per heavy atom. The van der Waals surface area contributed by atoms with E-state index in [9.17, 15) is 9.59 Å². The molecule has 1 aliphatic heterocycles. The van der Waals surface area contributed by atoms with Crippen molar-refractivity contribution in [2.45, 2.75) is 6.92 Å². The third kappa shape index (κ3) is 3.18. The maximum absolute atomic E-state index is 12.5. The van der Waals surface area contributed by atoms with E-state index in [4.69, 9.17) is 5.73 Å². The van der Waals surface area contributed by atoms with Crippen LogP contribution in [0.3, 0.4) is 0 Å². The molecule has 0 unspecified atom stereocenters. The molecule has 2 heterocycles. The van der Waals surface area contributed by atoms with Crippen LogP contribution >= 0.6 is 11.3 Å². The van der Waals surface area contributed by atoms with Crippen LogP contribution in [0.4, 0.5) is 0 Å². The quantitative estimate of drug-likeness (QED) is 0.760. The topological polar surface area (TPSA) is 66.6 Å². The van der Waals surface area contributed by atoms with Gasteiger partial charge < -0.3 is 15.5 Å². The lowest BCUT2D eigenvalue weighted by molar-refractivity contribution is -0.130. The van der Waals surface area contributed by atoms with E-state index in [0.29, 0.717) is 31.1 Å². The fourth-order valence-electron chi connectivity index (χ4n) is 2.09. The lowest BCUT2D eigenvalue weighted by Gasteiger charge is -2.34. The van der Waals surface area contributed by atoms with Crippen molar-refractivity contribution in [2.24, 2.45) is 5.73 Å². The summed E-state index contributed by atoms with van der Waals surface area (Å²) in [6.45, 7) is 4.16. The molecule has 0 bridgehead atoms. The number of nitrogens with zero attached hydrogens (tertiary/aromatic N) is 2. The van der Waals surface area contributed by atoms with Gasteiger partial charge in [0, 0.05) is 38.7 Å². The van der Waals surface area contributed by atoms with E-state index in [-0.39, 0.29) is 18.4 Å². The molecule has 106 valence electrons. The zero-order chi connectivity index (χ0) is 14.5. The Hall–Kier alpha value is -1.84. The SMILES string of the molecule is CC(=O)N1CCN(C(=O)c2sccc2C#CCN)CC1. The van der Waals surface area contributed by atoms with Crippen molar-refractivity contribution in [3.05, 3.63) is 21.9 Å². The Morgan fingerprint density at radius 1 is 1.30 bits per heavy atom. The van der Waals surface area contributed by atoms with Gasteiger partial charge in [-0.05, 0) is 11.4 Å². The highest BCUT2D eigenvalue weighted by atomic mass is 32.1. The van der Waals surface area contributed by atoms with Crippen molar-refractivity contribution in [2.75, 3.05) is 32.7 Å². The standard InChI is InChI=1S/C14H17N3O2S/c1-11(18)16-6-8-17(9-7-16)14(19)13-12(3-2-5-15)4-10-20-13/h4,10H,5-9,15H2,1H3. The number of hydrogen-bond donors (Lipinski definition) is 1. The van der Waals surface area contributed by atoms with E-state index in [1.54, 1.807) is 16.7 Å². The summed E-state index contributed by atoms with van der Waals surface area (Å²) in [7, 11) is 0. The summed E-state index contributed by atoms with van der Waals surface area (Å²) in [4.78, 5) is 27.9. The van der Waals surface area contributed by atoms with Crippen LogP contribution in [0.1, 0.15) is 22.2 Å². The van der Waals surface area contributed by atoms with Crippen LogP contribution in [0.15, 0.2) is 11.4 Å². The molecular weight excluding hydrogens is 274 g/mol. The molecule has 0 radical (unpaired) electrons. The van der Waals surface area contributed by atoms with Gasteiger partial charge in [0.15, 0.2) is 0 Å². The minimum absolute atomic E-state index is 0.00970. The Balaban J connectivity index is 2.06. The highest BCUT2D eigenvalue weighted by Gasteiger charge is 2.25. The van der Waals surface area contributed by atoms with Crippen LogP contribution in [0.5, 0.6) is 0 Å². The van der Waals surface area contributed by atoms with Gasteiger partial charge >= 0.3 is 0 Å². The summed E-state index contributed by atoms with van der Waals surface area (Å²) < 4.78 is 0. The van der Waals surface area contributed by atoms with Crippen molar-refractivity contribution in [3.63, 3.8) is 0 Å². The van der Waals surface area contributed by atoms with Gasteiger partial charge in [0.2, 0.25) is 5.91 Å². The van der Waals surface area contributed by atoms with Gasteiger partial charge in [-0.25, -0.2) is 0 Å². The van der Waals surface area contributed by atoms with E-state index in [1.165, 1.54) is 11.3 Å². The minimum Gasteiger partial charge on any atom is -0.339 e. The first-order valence-electron chi connectivity index (χ1n) is 6.44. The summed E-state index contributed by atoms with van der Waals surface area (Å²) >= 11 is 1.39. The lowest BCUT2D eigenvalue weighted by atomic mass is 10.2. The van der Waals surface area contributed by atoms with E-state index in [1.807, 2.05) is 11.4 Å². The highest BCUT2D eigenvalue weighted by molar-refractivity contribution is 7.12. The third-order valence-corrected chi connectivity index (χ3v) is 4.10. The summed E-state index contributed by atoms with van der Waals surface area (Å²) in [6.07, 6.45) is 0. The molecule has 0 aromatic carbocycles. The van der Waals surface area contributed by atoms with Gasteiger partial charge in [0.1, 0.15) is 4.88 Å². The van der Waals surface area contributed by atoms with Crippen LogP contribution in [0, 0.1) is 11.8 Å². The molecule has 2 amide bonds. The van der Waals surface area contributed by atoms with Gasteiger partial charge in [-0.1, -0.05) is 11.8 Å². The maximum Gasteiger partial charge on any atom is 0.265 e. The first kappa shape index (κ1) is 14.6. The molecule has 0 spiro atoms. The van der Waals surface area contributed by atoms with Crippen molar-refractivity contribution in [3.8, 4) is 11.8 Å². The Morgan fingerprint density at radius 2 is 1.95 bits per heavy atom.